The standard InChI is InChI=1S/C23H17N3O4S2/c27-20(24-23(29)19-9-5-13-32-19)15-30-21(28)11-10-16-14-26(17-6-2-1-3-7-17)25-22(16)18-8-4-12-31-18/h1-14H,15H2,(H,24,27,29)/b11-10+. The van der Waals surface area contributed by atoms with Crippen LogP contribution in [0.5, 0.6) is 0 Å². The molecule has 3 aromatic heterocycles. The lowest BCUT2D eigenvalue weighted by molar-refractivity contribution is -0.143. The number of nitrogens with one attached hydrogen (secondary N) is 1. The fourth-order valence-electron chi connectivity index (χ4n) is 2.80. The molecule has 0 fully saturated rings. The molecule has 9 heteroatoms. The molecule has 4 aromatic rings. The highest BCUT2D eigenvalue weighted by atomic mass is 32.1. The molecule has 0 aliphatic carbocycles. The third-order valence-electron chi connectivity index (χ3n) is 4.26. The summed E-state index contributed by atoms with van der Waals surface area (Å²) in [5, 5.41) is 10.5. The lowest BCUT2D eigenvalue weighted by Gasteiger charge is -2.02. The summed E-state index contributed by atoms with van der Waals surface area (Å²) in [5.41, 5.74) is 2.34. The molecule has 3 heterocycles. The van der Waals surface area contributed by atoms with E-state index in [1.54, 1.807) is 39.6 Å². The molecule has 1 N–H and O–H groups in total. The first kappa shape index (κ1) is 21.4. The van der Waals surface area contributed by atoms with E-state index in [9.17, 15) is 14.4 Å². The van der Waals surface area contributed by atoms with Crippen LogP contribution in [0.3, 0.4) is 0 Å². The highest BCUT2D eigenvalue weighted by Gasteiger charge is 2.14. The Morgan fingerprint density at radius 2 is 1.78 bits per heavy atom. The summed E-state index contributed by atoms with van der Waals surface area (Å²) in [6.45, 7) is -0.554. The summed E-state index contributed by atoms with van der Waals surface area (Å²) < 4.78 is 6.69. The zero-order chi connectivity index (χ0) is 22.3. The average molecular weight is 464 g/mol. The van der Waals surface area contributed by atoms with E-state index >= 15 is 0 Å². The number of amides is 2. The van der Waals surface area contributed by atoms with Crippen LogP contribution in [0.2, 0.25) is 0 Å². The van der Waals surface area contributed by atoms with Crippen molar-refractivity contribution in [1.82, 2.24) is 15.1 Å². The Balaban J connectivity index is 1.42. The van der Waals surface area contributed by atoms with E-state index in [1.807, 2.05) is 54.0 Å². The number of hydrogen-bond donors (Lipinski definition) is 1. The molecule has 1 aromatic carbocycles. The lowest BCUT2D eigenvalue weighted by Crippen LogP contribution is -2.33. The van der Waals surface area contributed by atoms with Crippen molar-refractivity contribution < 1.29 is 19.1 Å². The van der Waals surface area contributed by atoms with E-state index in [0.29, 0.717) is 4.88 Å². The minimum absolute atomic E-state index is 0.404. The maximum atomic E-state index is 12.1. The predicted molar refractivity (Wildman–Crippen MR) is 124 cm³/mol. The summed E-state index contributed by atoms with van der Waals surface area (Å²) in [5.74, 6) is -1.92. The van der Waals surface area contributed by atoms with Crippen molar-refractivity contribution in [3.63, 3.8) is 0 Å². The van der Waals surface area contributed by atoms with E-state index in [2.05, 4.69) is 10.4 Å². The highest BCUT2D eigenvalue weighted by Crippen LogP contribution is 2.28. The number of imide groups is 1. The van der Waals surface area contributed by atoms with Gasteiger partial charge in [0.15, 0.2) is 6.61 Å². The second kappa shape index (κ2) is 9.99. The van der Waals surface area contributed by atoms with Gasteiger partial charge in [0.25, 0.3) is 11.8 Å². The number of thiophene rings is 2. The van der Waals surface area contributed by atoms with Crippen LogP contribution in [0.1, 0.15) is 15.2 Å². The van der Waals surface area contributed by atoms with Crippen molar-refractivity contribution in [2.24, 2.45) is 0 Å². The summed E-state index contributed by atoms with van der Waals surface area (Å²) >= 11 is 2.76. The monoisotopic (exact) mass is 463 g/mol. The molecule has 160 valence electrons. The molecule has 7 nitrogen and oxygen atoms in total. The van der Waals surface area contributed by atoms with Crippen molar-refractivity contribution in [2.75, 3.05) is 6.61 Å². The maximum Gasteiger partial charge on any atom is 0.331 e. The van der Waals surface area contributed by atoms with Crippen molar-refractivity contribution in [3.05, 3.63) is 88.1 Å². The van der Waals surface area contributed by atoms with Gasteiger partial charge in [-0.15, -0.1) is 22.7 Å². The third kappa shape index (κ3) is 5.26. The smallest absolute Gasteiger partial charge is 0.331 e. The van der Waals surface area contributed by atoms with Gasteiger partial charge in [0, 0.05) is 17.8 Å². The van der Waals surface area contributed by atoms with Crippen LogP contribution in [0.25, 0.3) is 22.3 Å². The van der Waals surface area contributed by atoms with Crippen molar-refractivity contribution in [3.8, 4) is 16.3 Å². The summed E-state index contributed by atoms with van der Waals surface area (Å²) in [4.78, 5) is 37.2. The first-order valence-electron chi connectivity index (χ1n) is 9.51. The molecule has 0 saturated carbocycles. The number of para-hydroxylation sites is 1. The van der Waals surface area contributed by atoms with E-state index in [0.717, 1.165) is 21.8 Å². The normalized spacial score (nSPS) is 10.9. The minimum atomic E-state index is -0.701. The quantitative estimate of drug-likeness (QED) is 0.328. The zero-order valence-electron chi connectivity index (χ0n) is 16.6. The molecule has 0 aliphatic rings. The van der Waals surface area contributed by atoms with Crippen LogP contribution in [-0.2, 0) is 14.3 Å². The summed E-state index contributed by atoms with van der Waals surface area (Å²) in [7, 11) is 0. The fraction of sp³-hybridized carbons (Fsp3) is 0.0435. The van der Waals surface area contributed by atoms with E-state index in [-0.39, 0.29) is 0 Å². The Bertz CT molecular complexity index is 1240. The van der Waals surface area contributed by atoms with Gasteiger partial charge < -0.3 is 4.74 Å². The van der Waals surface area contributed by atoms with Crippen LogP contribution in [-0.4, -0.2) is 34.2 Å². The van der Waals surface area contributed by atoms with E-state index < -0.39 is 24.4 Å². The molecule has 0 spiro atoms. The van der Waals surface area contributed by atoms with Gasteiger partial charge >= 0.3 is 5.97 Å². The number of ether oxygens (including phenoxy) is 1. The van der Waals surface area contributed by atoms with Crippen molar-refractivity contribution in [1.29, 1.82) is 0 Å². The number of esters is 1. The molecule has 0 saturated heterocycles. The highest BCUT2D eigenvalue weighted by molar-refractivity contribution is 7.13. The topological polar surface area (TPSA) is 90.3 Å². The zero-order valence-corrected chi connectivity index (χ0v) is 18.3. The van der Waals surface area contributed by atoms with E-state index in [4.69, 9.17) is 4.74 Å². The Hall–Kier alpha value is -3.82. The van der Waals surface area contributed by atoms with Crippen molar-refractivity contribution >= 4 is 46.5 Å². The summed E-state index contributed by atoms with van der Waals surface area (Å²) in [6, 6.07) is 16.8. The average Bonchev–Trinajstić information content (AvgIpc) is 3.58. The Morgan fingerprint density at radius 3 is 2.50 bits per heavy atom. The number of aromatic nitrogens is 2. The van der Waals surface area contributed by atoms with Gasteiger partial charge in [-0.1, -0.05) is 30.3 Å². The molecular weight excluding hydrogens is 446 g/mol. The molecule has 0 aliphatic heterocycles. The van der Waals surface area contributed by atoms with Crippen LogP contribution in [0.15, 0.2) is 77.6 Å². The lowest BCUT2D eigenvalue weighted by atomic mass is 10.2. The Morgan fingerprint density at radius 1 is 1.00 bits per heavy atom. The number of hydrogen-bond acceptors (Lipinski definition) is 7. The summed E-state index contributed by atoms with van der Waals surface area (Å²) in [6.07, 6.45) is 4.65. The second-order valence-electron chi connectivity index (χ2n) is 6.49. The van der Waals surface area contributed by atoms with Crippen LogP contribution in [0.4, 0.5) is 0 Å². The van der Waals surface area contributed by atoms with Gasteiger partial charge in [-0.25, -0.2) is 9.48 Å². The number of carbonyl (C=O) groups is 3. The van der Waals surface area contributed by atoms with Gasteiger partial charge in [-0.3, -0.25) is 14.9 Å². The molecule has 2 amide bonds. The number of nitrogens with zero attached hydrogens (tertiary/aromatic N) is 2. The van der Waals surface area contributed by atoms with Gasteiger partial charge in [0.05, 0.1) is 15.4 Å². The van der Waals surface area contributed by atoms with Gasteiger partial charge in [0.2, 0.25) is 0 Å². The van der Waals surface area contributed by atoms with Gasteiger partial charge in [-0.05, 0) is 41.1 Å². The Kier molecular flexibility index (Phi) is 6.69. The number of rotatable bonds is 7. The molecular formula is C23H17N3O4S2. The Labute approximate surface area is 191 Å². The third-order valence-corrected chi connectivity index (χ3v) is 6.01. The fourth-order valence-corrected chi connectivity index (χ4v) is 4.15. The molecule has 0 atom stereocenters. The van der Waals surface area contributed by atoms with Gasteiger partial charge in [0.1, 0.15) is 5.69 Å². The maximum absolute atomic E-state index is 12.1. The van der Waals surface area contributed by atoms with Crippen molar-refractivity contribution in [2.45, 2.75) is 0 Å². The molecule has 32 heavy (non-hydrogen) atoms. The minimum Gasteiger partial charge on any atom is -0.452 e. The number of carbonyl (C=O) groups excluding carboxylic acids is 3. The predicted octanol–water partition coefficient (Wildman–Crippen LogP) is 4.18. The largest absolute Gasteiger partial charge is 0.452 e. The van der Waals surface area contributed by atoms with Crippen LogP contribution < -0.4 is 5.32 Å². The number of benzene rings is 1. The molecule has 0 bridgehead atoms. The second-order valence-corrected chi connectivity index (χ2v) is 8.38. The van der Waals surface area contributed by atoms with E-state index in [1.165, 1.54) is 17.4 Å². The molecule has 4 rings (SSSR count). The van der Waals surface area contributed by atoms with Crippen LogP contribution in [0, 0.1) is 0 Å². The molecule has 0 radical (unpaired) electrons. The first-order valence-corrected chi connectivity index (χ1v) is 11.3. The van der Waals surface area contributed by atoms with Gasteiger partial charge in [-0.2, -0.15) is 5.10 Å². The SMILES string of the molecule is O=C(COC(=O)/C=C/c1cn(-c2ccccc2)nc1-c1cccs1)NC(=O)c1cccs1. The first-order chi connectivity index (χ1) is 15.6. The van der Waals surface area contributed by atoms with Crippen LogP contribution >= 0.6 is 22.7 Å². The molecule has 0 unspecified atom stereocenters.